The third kappa shape index (κ3) is 5.82. The van der Waals surface area contributed by atoms with Crippen LogP contribution >= 0.6 is 0 Å². The third-order valence-electron chi connectivity index (χ3n) is 5.07. The standard InChI is InChI=1S/C24H23F3N2O6S/c1-33-20-10-5-4-9-19(20)28-23(30)15-29(17-8-6-7-16(13-17)24(25,26)27)36(31,32)18-11-12-21(34-2)22(14-18)35-3/h4-14H,15H2,1-3H3,(H,28,30). The van der Waals surface area contributed by atoms with Crippen molar-refractivity contribution in [3.63, 3.8) is 0 Å². The van der Waals surface area contributed by atoms with Crippen molar-refractivity contribution in [1.29, 1.82) is 0 Å². The third-order valence-corrected chi connectivity index (χ3v) is 6.84. The maximum atomic E-state index is 13.6. The summed E-state index contributed by atoms with van der Waals surface area (Å²) in [5.74, 6) is -0.155. The Morgan fingerprint density at radius 1 is 0.861 bits per heavy atom. The summed E-state index contributed by atoms with van der Waals surface area (Å²) in [4.78, 5) is 12.6. The second kappa shape index (κ2) is 10.8. The SMILES string of the molecule is COc1ccccc1NC(=O)CN(c1cccc(C(F)(F)F)c1)S(=O)(=O)c1ccc(OC)c(OC)c1. The van der Waals surface area contributed by atoms with Crippen LogP contribution in [-0.2, 0) is 21.0 Å². The average molecular weight is 525 g/mol. The molecule has 36 heavy (non-hydrogen) atoms. The lowest BCUT2D eigenvalue weighted by atomic mass is 10.2. The van der Waals surface area contributed by atoms with Crippen molar-refractivity contribution < 1.29 is 40.6 Å². The summed E-state index contributed by atoms with van der Waals surface area (Å²) in [7, 11) is -0.479. The van der Waals surface area contributed by atoms with Gasteiger partial charge in [0.25, 0.3) is 10.0 Å². The molecule has 0 spiro atoms. The van der Waals surface area contributed by atoms with Crippen molar-refractivity contribution in [2.24, 2.45) is 0 Å². The van der Waals surface area contributed by atoms with Gasteiger partial charge >= 0.3 is 6.18 Å². The van der Waals surface area contributed by atoms with E-state index in [1.54, 1.807) is 18.2 Å². The molecule has 0 aliphatic carbocycles. The van der Waals surface area contributed by atoms with E-state index in [4.69, 9.17) is 14.2 Å². The maximum Gasteiger partial charge on any atom is 0.416 e. The number of benzene rings is 3. The van der Waals surface area contributed by atoms with Crippen LogP contribution < -0.4 is 23.8 Å². The summed E-state index contributed by atoms with van der Waals surface area (Å²) in [5, 5.41) is 2.53. The van der Waals surface area contributed by atoms with Gasteiger partial charge in [-0.15, -0.1) is 0 Å². The van der Waals surface area contributed by atoms with E-state index in [0.29, 0.717) is 16.1 Å². The van der Waals surface area contributed by atoms with Crippen molar-refractivity contribution in [3.05, 3.63) is 72.3 Å². The molecule has 1 N–H and O–H groups in total. The Kier molecular flexibility index (Phi) is 7.98. The first kappa shape index (κ1) is 26.7. The Morgan fingerprint density at radius 3 is 2.17 bits per heavy atom. The Morgan fingerprint density at radius 2 is 1.53 bits per heavy atom. The molecule has 0 fully saturated rings. The molecule has 0 bridgehead atoms. The highest BCUT2D eigenvalue weighted by atomic mass is 32.2. The van der Waals surface area contributed by atoms with Gasteiger partial charge in [-0.2, -0.15) is 13.2 Å². The van der Waals surface area contributed by atoms with Crippen LogP contribution in [-0.4, -0.2) is 42.2 Å². The fourth-order valence-electron chi connectivity index (χ4n) is 3.32. The van der Waals surface area contributed by atoms with E-state index in [1.165, 1.54) is 45.6 Å². The molecule has 0 saturated heterocycles. The molecular formula is C24H23F3N2O6S. The fraction of sp³-hybridized carbons (Fsp3) is 0.208. The zero-order chi connectivity index (χ0) is 26.5. The molecule has 8 nitrogen and oxygen atoms in total. The van der Waals surface area contributed by atoms with Gasteiger partial charge in [0.2, 0.25) is 5.91 Å². The van der Waals surface area contributed by atoms with Gasteiger partial charge in [0.05, 0.1) is 43.2 Å². The summed E-state index contributed by atoms with van der Waals surface area (Å²) in [6.45, 7) is -0.823. The topological polar surface area (TPSA) is 94.2 Å². The van der Waals surface area contributed by atoms with Crippen LogP contribution in [0.25, 0.3) is 0 Å². The van der Waals surface area contributed by atoms with Crippen LogP contribution in [0.5, 0.6) is 17.2 Å². The number of rotatable bonds is 9. The number of hydrogen-bond donors (Lipinski definition) is 1. The Labute approximate surface area is 206 Å². The number of nitrogens with zero attached hydrogens (tertiary/aromatic N) is 1. The van der Waals surface area contributed by atoms with E-state index in [0.717, 1.165) is 18.2 Å². The molecule has 0 radical (unpaired) electrons. The zero-order valence-electron chi connectivity index (χ0n) is 19.5. The number of sulfonamides is 1. The van der Waals surface area contributed by atoms with Crippen LogP contribution in [0.1, 0.15) is 5.56 Å². The highest BCUT2D eigenvalue weighted by Gasteiger charge is 2.33. The van der Waals surface area contributed by atoms with Gasteiger partial charge in [-0.3, -0.25) is 9.10 Å². The Balaban J connectivity index is 2.07. The van der Waals surface area contributed by atoms with Crippen LogP contribution in [0.4, 0.5) is 24.5 Å². The first-order valence-corrected chi connectivity index (χ1v) is 11.8. The predicted octanol–water partition coefficient (Wildman–Crippen LogP) is 4.57. The maximum absolute atomic E-state index is 13.6. The molecule has 0 atom stereocenters. The average Bonchev–Trinajstić information content (AvgIpc) is 2.86. The molecule has 0 aliphatic heterocycles. The van der Waals surface area contributed by atoms with E-state index < -0.39 is 34.2 Å². The Hall–Kier alpha value is -3.93. The van der Waals surface area contributed by atoms with Crippen molar-refractivity contribution in [2.75, 3.05) is 37.5 Å². The van der Waals surface area contributed by atoms with Crippen LogP contribution in [0, 0.1) is 0 Å². The van der Waals surface area contributed by atoms with Gasteiger partial charge in [-0.05, 0) is 42.5 Å². The number of anilines is 2. The number of nitrogens with one attached hydrogen (secondary N) is 1. The molecule has 0 saturated carbocycles. The normalized spacial score (nSPS) is 11.5. The fourth-order valence-corrected chi connectivity index (χ4v) is 4.75. The van der Waals surface area contributed by atoms with Gasteiger partial charge < -0.3 is 19.5 Å². The van der Waals surface area contributed by atoms with Gasteiger partial charge in [0.15, 0.2) is 11.5 Å². The molecule has 0 unspecified atom stereocenters. The van der Waals surface area contributed by atoms with Gasteiger partial charge in [-0.25, -0.2) is 8.42 Å². The molecule has 12 heteroatoms. The molecule has 0 heterocycles. The minimum absolute atomic E-state index is 0.0843. The minimum atomic E-state index is -4.73. The first-order chi connectivity index (χ1) is 17.0. The number of carbonyl (C=O) groups excluding carboxylic acids is 1. The molecule has 1 amide bonds. The van der Waals surface area contributed by atoms with E-state index in [-0.39, 0.29) is 27.8 Å². The predicted molar refractivity (Wildman–Crippen MR) is 127 cm³/mol. The number of amides is 1. The second-order valence-electron chi connectivity index (χ2n) is 7.33. The zero-order valence-corrected chi connectivity index (χ0v) is 20.3. The van der Waals surface area contributed by atoms with Crippen molar-refractivity contribution >= 4 is 27.3 Å². The van der Waals surface area contributed by atoms with Crippen molar-refractivity contribution in [3.8, 4) is 17.2 Å². The number of methoxy groups -OCH3 is 3. The van der Waals surface area contributed by atoms with Crippen LogP contribution in [0.3, 0.4) is 0 Å². The Bertz CT molecular complexity index is 1350. The minimum Gasteiger partial charge on any atom is -0.495 e. The van der Waals surface area contributed by atoms with E-state index in [2.05, 4.69) is 5.32 Å². The first-order valence-electron chi connectivity index (χ1n) is 10.4. The highest BCUT2D eigenvalue weighted by Crippen LogP contribution is 2.35. The van der Waals surface area contributed by atoms with Crippen LogP contribution in [0.15, 0.2) is 71.6 Å². The van der Waals surface area contributed by atoms with E-state index in [1.807, 2.05) is 0 Å². The van der Waals surface area contributed by atoms with E-state index >= 15 is 0 Å². The molecule has 3 rings (SSSR count). The molecular weight excluding hydrogens is 501 g/mol. The van der Waals surface area contributed by atoms with E-state index in [9.17, 15) is 26.4 Å². The largest absolute Gasteiger partial charge is 0.495 e. The molecule has 192 valence electrons. The molecule has 3 aromatic rings. The van der Waals surface area contributed by atoms with Crippen LogP contribution in [0.2, 0.25) is 0 Å². The monoisotopic (exact) mass is 524 g/mol. The smallest absolute Gasteiger partial charge is 0.416 e. The van der Waals surface area contributed by atoms with Crippen molar-refractivity contribution in [2.45, 2.75) is 11.1 Å². The summed E-state index contributed by atoms with van der Waals surface area (Å²) in [5.41, 5.74) is -1.16. The number of halogens is 3. The number of ether oxygens (including phenoxy) is 3. The molecule has 3 aromatic carbocycles. The van der Waals surface area contributed by atoms with Gasteiger partial charge in [-0.1, -0.05) is 18.2 Å². The summed E-state index contributed by atoms with van der Waals surface area (Å²) < 4.78 is 83.4. The second-order valence-corrected chi connectivity index (χ2v) is 9.19. The number of para-hydroxylation sites is 2. The quantitative estimate of drug-likeness (QED) is 0.441. The highest BCUT2D eigenvalue weighted by molar-refractivity contribution is 7.92. The summed E-state index contributed by atoms with van der Waals surface area (Å²) in [6, 6.07) is 13.8. The van der Waals surface area contributed by atoms with Gasteiger partial charge in [0.1, 0.15) is 12.3 Å². The van der Waals surface area contributed by atoms with Gasteiger partial charge in [0, 0.05) is 6.07 Å². The van der Waals surface area contributed by atoms with Crippen molar-refractivity contribution in [1.82, 2.24) is 0 Å². The molecule has 0 aromatic heterocycles. The number of hydrogen-bond acceptors (Lipinski definition) is 6. The number of alkyl halides is 3. The lowest BCUT2D eigenvalue weighted by Crippen LogP contribution is -2.38. The lowest BCUT2D eigenvalue weighted by Gasteiger charge is -2.25. The molecule has 0 aliphatic rings. The summed E-state index contributed by atoms with van der Waals surface area (Å²) >= 11 is 0. The lowest BCUT2D eigenvalue weighted by molar-refractivity contribution is -0.137. The summed E-state index contributed by atoms with van der Waals surface area (Å²) in [6.07, 6.45) is -4.73. The number of carbonyl (C=O) groups is 1.